The van der Waals surface area contributed by atoms with Crippen molar-refractivity contribution in [1.29, 1.82) is 0 Å². The third-order valence-electron chi connectivity index (χ3n) is 3.08. The second-order valence-electron chi connectivity index (χ2n) is 4.82. The molecule has 2 rings (SSSR count). The lowest BCUT2D eigenvalue weighted by Crippen LogP contribution is -2.27. The van der Waals surface area contributed by atoms with E-state index in [1.54, 1.807) is 0 Å². The van der Waals surface area contributed by atoms with Gasteiger partial charge >= 0.3 is 0 Å². The monoisotopic (exact) mass is 276 g/mol. The standard InChI is InChI=1S/C13H16N4O3/c1-9(6-14-2)7-16-8-15-12-4-3-10(17(19)20)5-11(12)13(16)18/h3-5,8-9,14H,6-7H2,1-2H3. The minimum atomic E-state index is -0.514. The molecule has 0 radical (unpaired) electrons. The normalized spacial score (nSPS) is 12.5. The van der Waals surface area contributed by atoms with Crippen molar-refractivity contribution in [2.45, 2.75) is 13.5 Å². The van der Waals surface area contributed by atoms with Crippen LogP contribution < -0.4 is 10.9 Å². The molecule has 1 N–H and O–H groups in total. The Morgan fingerprint density at radius 2 is 2.25 bits per heavy atom. The fourth-order valence-corrected chi connectivity index (χ4v) is 2.14. The number of fused-ring (bicyclic) bond motifs is 1. The van der Waals surface area contributed by atoms with E-state index in [2.05, 4.69) is 10.3 Å². The third-order valence-corrected chi connectivity index (χ3v) is 3.08. The molecule has 106 valence electrons. The Morgan fingerprint density at radius 3 is 2.90 bits per heavy atom. The molecule has 20 heavy (non-hydrogen) atoms. The van der Waals surface area contributed by atoms with Gasteiger partial charge in [-0.15, -0.1) is 0 Å². The summed E-state index contributed by atoms with van der Waals surface area (Å²) in [5.41, 5.74) is 0.122. The molecule has 0 spiro atoms. The summed E-state index contributed by atoms with van der Waals surface area (Å²) in [7, 11) is 1.85. The van der Waals surface area contributed by atoms with Gasteiger partial charge in [0, 0.05) is 18.7 Å². The van der Waals surface area contributed by atoms with E-state index in [0.29, 0.717) is 12.1 Å². The maximum absolute atomic E-state index is 12.3. The highest BCUT2D eigenvalue weighted by molar-refractivity contribution is 5.79. The van der Waals surface area contributed by atoms with E-state index >= 15 is 0 Å². The van der Waals surface area contributed by atoms with Gasteiger partial charge in [-0.25, -0.2) is 4.98 Å². The van der Waals surface area contributed by atoms with E-state index in [-0.39, 0.29) is 22.6 Å². The first-order valence-electron chi connectivity index (χ1n) is 6.31. The topological polar surface area (TPSA) is 90.1 Å². The molecule has 0 aliphatic carbocycles. The Bertz CT molecular complexity index is 696. The Morgan fingerprint density at radius 1 is 1.50 bits per heavy atom. The average molecular weight is 276 g/mol. The van der Waals surface area contributed by atoms with Gasteiger partial charge in [0.1, 0.15) is 0 Å². The molecule has 1 aromatic carbocycles. The van der Waals surface area contributed by atoms with Gasteiger partial charge in [-0.3, -0.25) is 19.5 Å². The smallest absolute Gasteiger partial charge is 0.270 e. The lowest BCUT2D eigenvalue weighted by atomic mass is 10.1. The molecule has 0 amide bonds. The third kappa shape index (κ3) is 2.83. The van der Waals surface area contributed by atoms with Crippen molar-refractivity contribution in [3.8, 4) is 0 Å². The highest BCUT2D eigenvalue weighted by Crippen LogP contribution is 2.16. The fourth-order valence-electron chi connectivity index (χ4n) is 2.14. The lowest BCUT2D eigenvalue weighted by Gasteiger charge is -2.12. The highest BCUT2D eigenvalue weighted by atomic mass is 16.6. The Labute approximate surface area is 115 Å². The van der Waals surface area contributed by atoms with E-state index in [1.165, 1.54) is 29.1 Å². The zero-order valence-electron chi connectivity index (χ0n) is 11.4. The van der Waals surface area contributed by atoms with Gasteiger partial charge in [0.05, 0.1) is 22.2 Å². The number of nitro benzene ring substituents is 1. The number of hydrogen-bond donors (Lipinski definition) is 1. The van der Waals surface area contributed by atoms with E-state index in [9.17, 15) is 14.9 Å². The number of non-ortho nitro benzene ring substituents is 1. The summed E-state index contributed by atoms with van der Waals surface area (Å²) in [5.74, 6) is 0.260. The zero-order chi connectivity index (χ0) is 14.7. The lowest BCUT2D eigenvalue weighted by molar-refractivity contribution is -0.384. The van der Waals surface area contributed by atoms with Crippen LogP contribution in [0.2, 0.25) is 0 Å². The maximum Gasteiger partial charge on any atom is 0.270 e. The first-order chi connectivity index (χ1) is 9.52. The first-order valence-corrected chi connectivity index (χ1v) is 6.31. The molecule has 1 heterocycles. The summed E-state index contributed by atoms with van der Waals surface area (Å²) in [5, 5.41) is 14.1. The highest BCUT2D eigenvalue weighted by Gasteiger charge is 2.12. The summed E-state index contributed by atoms with van der Waals surface area (Å²) < 4.78 is 1.49. The van der Waals surface area contributed by atoms with Crippen LogP contribution in [-0.4, -0.2) is 28.1 Å². The van der Waals surface area contributed by atoms with Gasteiger partial charge in [-0.2, -0.15) is 0 Å². The van der Waals surface area contributed by atoms with E-state index in [0.717, 1.165) is 6.54 Å². The minimum Gasteiger partial charge on any atom is -0.319 e. The van der Waals surface area contributed by atoms with Crippen LogP contribution in [0.5, 0.6) is 0 Å². The van der Waals surface area contributed by atoms with Gasteiger partial charge in [-0.05, 0) is 25.6 Å². The number of aromatic nitrogens is 2. The molecular weight excluding hydrogens is 260 g/mol. The number of nitro groups is 1. The molecule has 7 nitrogen and oxygen atoms in total. The quantitative estimate of drug-likeness (QED) is 0.653. The van der Waals surface area contributed by atoms with Crippen LogP contribution in [0.1, 0.15) is 6.92 Å². The van der Waals surface area contributed by atoms with E-state index in [1.807, 2.05) is 14.0 Å². The number of nitrogens with zero attached hydrogens (tertiary/aromatic N) is 3. The number of hydrogen-bond acceptors (Lipinski definition) is 5. The van der Waals surface area contributed by atoms with Gasteiger partial charge in [0.2, 0.25) is 0 Å². The van der Waals surface area contributed by atoms with Crippen LogP contribution in [0.3, 0.4) is 0 Å². The summed E-state index contributed by atoms with van der Waals surface area (Å²) in [6.07, 6.45) is 1.49. The molecular formula is C13H16N4O3. The Hall–Kier alpha value is -2.28. The molecule has 1 aromatic heterocycles. The summed E-state index contributed by atoms with van der Waals surface area (Å²) in [4.78, 5) is 26.8. The van der Waals surface area contributed by atoms with Crippen molar-refractivity contribution >= 4 is 16.6 Å². The predicted molar refractivity (Wildman–Crippen MR) is 75.7 cm³/mol. The molecule has 7 heteroatoms. The van der Waals surface area contributed by atoms with Crippen LogP contribution in [0.4, 0.5) is 5.69 Å². The van der Waals surface area contributed by atoms with Crippen LogP contribution >= 0.6 is 0 Å². The van der Waals surface area contributed by atoms with Crippen LogP contribution in [0.15, 0.2) is 29.3 Å². The van der Waals surface area contributed by atoms with Crippen molar-refractivity contribution in [2.75, 3.05) is 13.6 Å². The molecule has 1 atom stereocenters. The van der Waals surface area contributed by atoms with Crippen molar-refractivity contribution in [3.05, 3.63) is 45.0 Å². The number of nitrogens with one attached hydrogen (secondary N) is 1. The van der Waals surface area contributed by atoms with Gasteiger partial charge in [0.25, 0.3) is 11.2 Å². The van der Waals surface area contributed by atoms with Crippen molar-refractivity contribution in [1.82, 2.24) is 14.9 Å². The fraction of sp³-hybridized carbons (Fsp3) is 0.385. The van der Waals surface area contributed by atoms with Gasteiger partial charge in [-0.1, -0.05) is 6.92 Å². The van der Waals surface area contributed by atoms with Gasteiger partial charge in [0.15, 0.2) is 0 Å². The van der Waals surface area contributed by atoms with Crippen molar-refractivity contribution < 1.29 is 4.92 Å². The predicted octanol–water partition coefficient (Wildman–Crippen LogP) is 1.16. The van der Waals surface area contributed by atoms with E-state index < -0.39 is 4.92 Å². The molecule has 2 aromatic rings. The van der Waals surface area contributed by atoms with Crippen LogP contribution in [-0.2, 0) is 6.54 Å². The molecule has 0 fully saturated rings. The second-order valence-corrected chi connectivity index (χ2v) is 4.82. The van der Waals surface area contributed by atoms with Crippen LogP contribution in [0.25, 0.3) is 10.9 Å². The molecule has 0 aliphatic rings. The number of benzene rings is 1. The zero-order valence-corrected chi connectivity index (χ0v) is 11.4. The van der Waals surface area contributed by atoms with E-state index in [4.69, 9.17) is 0 Å². The van der Waals surface area contributed by atoms with Crippen LogP contribution in [0, 0.1) is 16.0 Å². The minimum absolute atomic E-state index is 0.0996. The summed E-state index contributed by atoms with van der Waals surface area (Å²) in [6.45, 7) is 3.31. The summed E-state index contributed by atoms with van der Waals surface area (Å²) >= 11 is 0. The second kappa shape index (κ2) is 5.79. The summed E-state index contributed by atoms with van der Waals surface area (Å²) in [6, 6.07) is 4.13. The van der Waals surface area contributed by atoms with Gasteiger partial charge < -0.3 is 5.32 Å². The van der Waals surface area contributed by atoms with Crippen molar-refractivity contribution in [3.63, 3.8) is 0 Å². The average Bonchev–Trinajstić information content (AvgIpc) is 2.42. The molecule has 0 bridgehead atoms. The molecule has 0 saturated carbocycles. The molecule has 1 unspecified atom stereocenters. The first kappa shape index (κ1) is 14.1. The molecule has 0 aliphatic heterocycles. The number of rotatable bonds is 5. The Kier molecular flexibility index (Phi) is 4.09. The largest absolute Gasteiger partial charge is 0.319 e. The Balaban J connectivity index is 2.46. The maximum atomic E-state index is 12.3. The molecule has 0 saturated heterocycles. The SMILES string of the molecule is CNCC(C)Cn1cnc2ccc([N+](=O)[O-])cc2c1=O. The van der Waals surface area contributed by atoms with Crippen molar-refractivity contribution in [2.24, 2.45) is 5.92 Å².